The first-order valence-corrected chi connectivity index (χ1v) is 9.89. The Morgan fingerprint density at radius 2 is 1.30 bits per heavy atom. The summed E-state index contributed by atoms with van der Waals surface area (Å²) in [6.45, 7) is 4.05. The Morgan fingerprint density at radius 1 is 0.815 bits per heavy atom. The highest BCUT2D eigenvalue weighted by atomic mass is 79.9. The maximum atomic E-state index is 9.25. The normalized spacial score (nSPS) is 14.3. The van der Waals surface area contributed by atoms with Gasteiger partial charge in [0.1, 0.15) is 0 Å². The topological polar surface area (TPSA) is 93.4 Å². The van der Waals surface area contributed by atoms with E-state index in [0.717, 1.165) is 44.0 Å². The molecule has 6 nitrogen and oxygen atoms in total. The van der Waals surface area contributed by atoms with Gasteiger partial charge in [-0.3, -0.25) is 4.90 Å². The summed E-state index contributed by atoms with van der Waals surface area (Å²) in [6, 6.07) is 14.6. The van der Waals surface area contributed by atoms with Gasteiger partial charge in [0.05, 0.1) is 13.2 Å². The molecule has 144 valence electrons. The van der Waals surface area contributed by atoms with Crippen LogP contribution >= 0.6 is 15.9 Å². The van der Waals surface area contributed by atoms with E-state index in [-0.39, 0.29) is 0 Å². The SMILES string of the molecule is OB(O)c1ccccc1CBr.OB(O)c1ccccc1CN1CCOCC1. The van der Waals surface area contributed by atoms with Crippen LogP contribution in [-0.2, 0) is 16.6 Å². The van der Waals surface area contributed by atoms with Crippen LogP contribution in [0.3, 0.4) is 0 Å². The molecule has 4 N–H and O–H groups in total. The molecule has 1 aliphatic rings. The Balaban J connectivity index is 0.000000208. The highest BCUT2D eigenvalue weighted by Gasteiger charge is 2.18. The van der Waals surface area contributed by atoms with Crippen molar-refractivity contribution >= 4 is 41.1 Å². The second-order valence-corrected chi connectivity index (χ2v) is 6.73. The number of hydrogen-bond acceptors (Lipinski definition) is 6. The molecule has 0 aromatic heterocycles. The zero-order chi connectivity index (χ0) is 19.6. The van der Waals surface area contributed by atoms with Gasteiger partial charge in [0.2, 0.25) is 0 Å². The lowest BCUT2D eigenvalue weighted by Crippen LogP contribution is -2.39. The smallest absolute Gasteiger partial charge is 0.423 e. The maximum absolute atomic E-state index is 9.25. The van der Waals surface area contributed by atoms with E-state index in [4.69, 9.17) is 14.8 Å². The lowest BCUT2D eigenvalue weighted by Gasteiger charge is -2.27. The monoisotopic (exact) mass is 435 g/mol. The van der Waals surface area contributed by atoms with Crippen molar-refractivity contribution in [1.29, 1.82) is 0 Å². The Labute approximate surface area is 168 Å². The molecule has 2 aromatic rings. The second kappa shape index (κ2) is 11.6. The number of benzene rings is 2. The van der Waals surface area contributed by atoms with Crippen LogP contribution in [0.1, 0.15) is 11.1 Å². The zero-order valence-corrected chi connectivity index (χ0v) is 16.6. The van der Waals surface area contributed by atoms with Crippen molar-refractivity contribution in [2.75, 3.05) is 26.3 Å². The predicted molar refractivity (Wildman–Crippen MR) is 111 cm³/mol. The third kappa shape index (κ3) is 7.04. The summed E-state index contributed by atoms with van der Waals surface area (Å²) in [7, 11) is -2.76. The van der Waals surface area contributed by atoms with Crippen LogP contribution < -0.4 is 10.9 Å². The molecule has 9 heteroatoms. The van der Waals surface area contributed by atoms with E-state index in [9.17, 15) is 10.0 Å². The van der Waals surface area contributed by atoms with E-state index in [1.54, 1.807) is 18.2 Å². The molecule has 3 rings (SSSR count). The first-order valence-electron chi connectivity index (χ1n) is 8.77. The lowest BCUT2D eigenvalue weighted by atomic mass is 9.77. The van der Waals surface area contributed by atoms with Gasteiger partial charge in [-0.05, 0) is 22.1 Å². The summed E-state index contributed by atoms with van der Waals surface area (Å²) in [5.74, 6) is 0. The molecule has 0 aliphatic carbocycles. The number of morpholine rings is 1. The van der Waals surface area contributed by atoms with Gasteiger partial charge in [-0.1, -0.05) is 64.5 Å². The molecule has 0 amide bonds. The third-order valence-corrected chi connectivity index (χ3v) is 4.91. The third-order valence-electron chi connectivity index (χ3n) is 4.31. The van der Waals surface area contributed by atoms with Crippen LogP contribution in [0.2, 0.25) is 0 Å². The molecule has 2 aromatic carbocycles. The molecule has 0 bridgehead atoms. The molecule has 0 atom stereocenters. The summed E-state index contributed by atoms with van der Waals surface area (Å²) >= 11 is 3.25. The van der Waals surface area contributed by atoms with E-state index >= 15 is 0 Å². The van der Waals surface area contributed by atoms with Crippen molar-refractivity contribution in [3.8, 4) is 0 Å². The minimum atomic E-state index is -1.39. The van der Waals surface area contributed by atoms with Gasteiger partial charge in [0, 0.05) is 25.0 Å². The minimum absolute atomic E-state index is 0.560. The number of rotatable bonds is 5. The zero-order valence-electron chi connectivity index (χ0n) is 15.0. The molecule has 1 aliphatic heterocycles. The van der Waals surface area contributed by atoms with Gasteiger partial charge in [0.15, 0.2) is 0 Å². The standard InChI is InChI=1S/C11H16BNO3.C7H8BBrO2/c14-12(15)11-4-2-1-3-10(11)9-13-5-7-16-8-6-13;9-5-6-3-1-2-4-7(6)8(10)11/h1-4,14-15H,5-9H2;1-4,10-11H,5H2. The quantitative estimate of drug-likeness (QED) is 0.372. The molecule has 0 unspecified atom stereocenters. The van der Waals surface area contributed by atoms with Crippen molar-refractivity contribution in [2.45, 2.75) is 11.9 Å². The van der Waals surface area contributed by atoms with Crippen LogP contribution in [0, 0.1) is 0 Å². The Morgan fingerprint density at radius 3 is 1.78 bits per heavy atom. The second-order valence-electron chi connectivity index (χ2n) is 6.17. The molecule has 0 spiro atoms. The average Bonchev–Trinajstić information content (AvgIpc) is 2.69. The van der Waals surface area contributed by atoms with Crippen LogP contribution in [0.4, 0.5) is 0 Å². The number of halogens is 1. The molecule has 1 saturated heterocycles. The largest absolute Gasteiger partial charge is 0.488 e. The summed E-state index contributed by atoms with van der Waals surface area (Å²) in [5.41, 5.74) is 3.03. The van der Waals surface area contributed by atoms with E-state index in [1.807, 2.05) is 30.3 Å². The number of alkyl halides is 1. The van der Waals surface area contributed by atoms with Gasteiger partial charge in [-0.2, -0.15) is 0 Å². The van der Waals surface area contributed by atoms with E-state index in [1.165, 1.54) is 0 Å². The highest BCUT2D eigenvalue weighted by molar-refractivity contribution is 9.08. The fraction of sp³-hybridized carbons (Fsp3) is 0.333. The minimum Gasteiger partial charge on any atom is -0.423 e. The summed E-state index contributed by atoms with van der Waals surface area (Å²) in [5, 5.41) is 36.9. The van der Waals surface area contributed by atoms with Crippen molar-refractivity contribution in [2.24, 2.45) is 0 Å². The van der Waals surface area contributed by atoms with Crippen molar-refractivity contribution in [3.63, 3.8) is 0 Å². The van der Waals surface area contributed by atoms with Crippen LogP contribution in [0.25, 0.3) is 0 Å². The Hall–Kier alpha value is -1.19. The fourth-order valence-corrected chi connectivity index (χ4v) is 3.35. The van der Waals surface area contributed by atoms with Gasteiger partial charge in [-0.25, -0.2) is 0 Å². The molecule has 1 fully saturated rings. The Kier molecular flexibility index (Phi) is 9.50. The number of nitrogens with zero attached hydrogens (tertiary/aromatic N) is 1. The molecule has 27 heavy (non-hydrogen) atoms. The van der Waals surface area contributed by atoms with E-state index in [2.05, 4.69) is 20.8 Å². The molecular weight excluding hydrogens is 412 g/mol. The van der Waals surface area contributed by atoms with Gasteiger partial charge < -0.3 is 24.8 Å². The van der Waals surface area contributed by atoms with Gasteiger partial charge in [-0.15, -0.1) is 0 Å². The van der Waals surface area contributed by atoms with E-state index in [0.29, 0.717) is 16.3 Å². The maximum Gasteiger partial charge on any atom is 0.488 e. The summed E-state index contributed by atoms with van der Waals surface area (Å²) in [4.78, 5) is 2.25. The fourth-order valence-electron chi connectivity index (χ4n) is 2.84. The Bertz CT molecular complexity index is 699. The molecular formula is C18H24B2BrNO5. The molecule has 0 radical (unpaired) electrons. The van der Waals surface area contributed by atoms with Crippen molar-refractivity contribution in [3.05, 3.63) is 59.7 Å². The van der Waals surface area contributed by atoms with Crippen LogP contribution in [-0.4, -0.2) is 65.5 Å². The molecule has 0 saturated carbocycles. The first kappa shape index (κ1) is 22.1. The molecule has 1 heterocycles. The predicted octanol–water partition coefficient (Wildman–Crippen LogP) is -0.540. The lowest BCUT2D eigenvalue weighted by molar-refractivity contribution is 0.0343. The number of ether oxygens (including phenoxy) is 1. The highest BCUT2D eigenvalue weighted by Crippen LogP contribution is 2.05. The number of hydrogen-bond donors (Lipinski definition) is 4. The van der Waals surface area contributed by atoms with Crippen LogP contribution in [0.15, 0.2) is 48.5 Å². The summed E-state index contributed by atoms with van der Waals surface area (Å²) in [6.07, 6.45) is 0. The average molecular weight is 436 g/mol. The van der Waals surface area contributed by atoms with Gasteiger partial charge in [0.25, 0.3) is 0 Å². The van der Waals surface area contributed by atoms with E-state index < -0.39 is 14.2 Å². The van der Waals surface area contributed by atoms with Gasteiger partial charge >= 0.3 is 14.2 Å². The first-order chi connectivity index (χ1) is 13.0. The summed E-state index contributed by atoms with van der Waals surface area (Å²) < 4.78 is 5.27. The van der Waals surface area contributed by atoms with Crippen molar-refractivity contribution < 1.29 is 24.8 Å². The van der Waals surface area contributed by atoms with Crippen LogP contribution in [0.5, 0.6) is 0 Å². The van der Waals surface area contributed by atoms with Crippen molar-refractivity contribution in [1.82, 2.24) is 4.90 Å².